The zero-order valence-corrected chi connectivity index (χ0v) is 12.6. The molecule has 0 radical (unpaired) electrons. The number of imidazole rings is 1. The van der Waals surface area contributed by atoms with Gasteiger partial charge >= 0.3 is 0 Å². The number of pyridine rings is 1. The van der Waals surface area contributed by atoms with E-state index in [1.165, 1.54) is 0 Å². The second-order valence-corrected chi connectivity index (χ2v) is 5.72. The van der Waals surface area contributed by atoms with Crippen molar-refractivity contribution in [1.82, 2.24) is 14.7 Å². The van der Waals surface area contributed by atoms with Crippen molar-refractivity contribution in [3.63, 3.8) is 0 Å². The average Bonchev–Trinajstić information content (AvgIpc) is 2.93. The van der Waals surface area contributed by atoms with Crippen LogP contribution >= 0.6 is 11.6 Å². The molecule has 110 valence electrons. The topological polar surface area (TPSA) is 49.6 Å². The van der Waals surface area contributed by atoms with E-state index >= 15 is 0 Å². The maximum absolute atomic E-state index is 12.3. The van der Waals surface area contributed by atoms with Gasteiger partial charge in [0.15, 0.2) is 0 Å². The third-order valence-corrected chi connectivity index (χ3v) is 4.12. The molecule has 1 aromatic carbocycles. The van der Waals surface area contributed by atoms with Gasteiger partial charge in [-0.3, -0.25) is 4.79 Å². The van der Waals surface area contributed by atoms with Crippen molar-refractivity contribution in [1.29, 1.82) is 0 Å². The van der Waals surface area contributed by atoms with E-state index in [4.69, 9.17) is 11.6 Å². The summed E-state index contributed by atoms with van der Waals surface area (Å²) in [5.41, 5.74) is 3.13. The molecule has 2 aromatic heterocycles. The monoisotopic (exact) mass is 312 g/mol. The highest BCUT2D eigenvalue weighted by Crippen LogP contribution is 2.31. The van der Waals surface area contributed by atoms with E-state index < -0.39 is 0 Å². The largest absolute Gasteiger partial charge is 0.349 e. The van der Waals surface area contributed by atoms with Crippen LogP contribution in [-0.4, -0.2) is 22.3 Å². The molecule has 0 saturated heterocycles. The fraction of sp³-hybridized carbons (Fsp3) is 0.125. The summed E-state index contributed by atoms with van der Waals surface area (Å²) in [6.07, 6.45) is 3.38. The Balaban J connectivity index is 1.80. The summed E-state index contributed by atoms with van der Waals surface area (Å²) in [4.78, 5) is 18.9. The van der Waals surface area contributed by atoms with Crippen LogP contribution in [0.25, 0.3) is 5.65 Å². The number of nitrogens with zero attached hydrogens (tertiary/aromatic N) is 3. The quantitative estimate of drug-likeness (QED) is 0.751. The highest BCUT2D eigenvalue weighted by atomic mass is 35.5. The standard InChI is InChI=1S/C16H13ClN4O/c1-20-13-5-3-2-4-11(13)16(22)19-15(20)12-9-21-8-10(17)6-7-14(21)18-12/h2-9,15H,1H3,(H,19,22)/t15-/m1/s1. The summed E-state index contributed by atoms with van der Waals surface area (Å²) in [5, 5.41) is 3.63. The first kappa shape index (κ1) is 13.2. The van der Waals surface area contributed by atoms with Crippen LogP contribution < -0.4 is 10.2 Å². The highest BCUT2D eigenvalue weighted by Gasteiger charge is 2.30. The molecule has 0 spiro atoms. The molecule has 3 heterocycles. The molecule has 0 saturated carbocycles. The van der Waals surface area contributed by atoms with Crippen molar-refractivity contribution in [3.8, 4) is 0 Å². The number of amides is 1. The minimum Gasteiger partial charge on any atom is -0.349 e. The molecule has 22 heavy (non-hydrogen) atoms. The third kappa shape index (κ3) is 1.94. The van der Waals surface area contributed by atoms with Crippen LogP contribution in [0, 0.1) is 0 Å². The molecule has 1 atom stereocenters. The van der Waals surface area contributed by atoms with E-state index in [0.29, 0.717) is 10.6 Å². The van der Waals surface area contributed by atoms with Gasteiger partial charge in [0.1, 0.15) is 17.5 Å². The Morgan fingerprint density at radius 1 is 1.18 bits per heavy atom. The highest BCUT2D eigenvalue weighted by molar-refractivity contribution is 6.30. The number of benzene rings is 1. The van der Waals surface area contributed by atoms with Gasteiger partial charge in [-0.05, 0) is 24.3 Å². The number of halogens is 1. The zero-order chi connectivity index (χ0) is 15.3. The second kappa shape index (κ2) is 4.74. The lowest BCUT2D eigenvalue weighted by atomic mass is 10.1. The van der Waals surface area contributed by atoms with Crippen molar-refractivity contribution in [3.05, 3.63) is 65.1 Å². The molecule has 1 amide bonds. The number of nitrogens with one attached hydrogen (secondary N) is 1. The number of anilines is 1. The van der Waals surface area contributed by atoms with Crippen LogP contribution in [0.5, 0.6) is 0 Å². The smallest absolute Gasteiger partial charge is 0.255 e. The van der Waals surface area contributed by atoms with E-state index in [0.717, 1.165) is 17.0 Å². The first-order valence-electron chi connectivity index (χ1n) is 6.90. The first-order chi connectivity index (χ1) is 10.6. The van der Waals surface area contributed by atoms with Crippen LogP contribution in [0.1, 0.15) is 22.2 Å². The van der Waals surface area contributed by atoms with Gasteiger partial charge in [-0.1, -0.05) is 23.7 Å². The molecule has 0 unspecified atom stereocenters. The summed E-state index contributed by atoms with van der Waals surface area (Å²) in [5.74, 6) is -0.0891. The molecule has 0 aliphatic carbocycles. The van der Waals surface area contributed by atoms with Gasteiger partial charge in [-0.2, -0.15) is 0 Å². The van der Waals surface area contributed by atoms with Gasteiger partial charge < -0.3 is 14.6 Å². The molecular formula is C16H13ClN4O. The summed E-state index contributed by atoms with van der Waals surface area (Å²) in [7, 11) is 1.94. The van der Waals surface area contributed by atoms with Gasteiger partial charge in [0.2, 0.25) is 0 Å². The van der Waals surface area contributed by atoms with Crippen molar-refractivity contribution in [2.45, 2.75) is 6.17 Å². The SMILES string of the molecule is CN1c2ccccc2C(=O)N[C@H]1c1cn2cc(Cl)ccc2n1. The first-order valence-corrected chi connectivity index (χ1v) is 7.28. The Morgan fingerprint density at radius 3 is 2.86 bits per heavy atom. The number of carbonyl (C=O) groups excluding carboxylic acids is 1. The fourth-order valence-corrected chi connectivity index (χ4v) is 2.97. The second-order valence-electron chi connectivity index (χ2n) is 5.28. The molecule has 4 rings (SSSR count). The number of hydrogen-bond acceptors (Lipinski definition) is 3. The summed E-state index contributed by atoms with van der Waals surface area (Å²) in [6, 6.07) is 11.2. The van der Waals surface area contributed by atoms with E-state index in [-0.39, 0.29) is 12.1 Å². The van der Waals surface area contributed by atoms with Crippen LogP contribution in [0.15, 0.2) is 48.8 Å². The summed E-state index contributed by atoms with van der Waals surface area (Å²) < 4.78 is 1.86. The van der Waals surface area contributed by atoms with Gasteiger partial charge in [-0.25, -0.2) is 4.98 Å². The van der Waals surface area contributed by atoms with Crippen molar-refractivity contribution in [2.24, 2.45) is 0 Å². The molecule has 3 aromatic rings. The van der Waals surface area contributed by atoms with Crippen LogP contribution in [-0.2, 0) is 0 Å². The average molecular weight is 313 g/mol. The number of hydrogen-bond donors (Lipinski definition) is 1. The molecule has 6 heteroatoms. The number of fused-ring (bicyclic) bond motifs is 2. The zero-order valence-electron chi connectivity index (χ0n) is 11.8. The molecule has 5 nitrogen and oxygen atoms in total. The number of aromatic nitrogens is 2. The number of rotatable bonds is 1. The molecule has 1 aliphatic rings. The predicted molar refractivity (Wildman–Crippen MR) is 85.3 cm³/mol. The Morgan fingerprint density at radius 2 is 2.00 bits per heavy atom. The van der Waals surface area contributed by atoms with E-state index in [2.05, 4.69) is 10.3 Å². The lowest BCUT2D eigenvalue weighted by Crippen LogP contribution is -2.44. The van der Waals surface area contributed by atoms with Gasteiger partial charge in [0.05, 0.1) is 16.3 Å². The minimum absolute atomic E-state index is 0.0891. The molecule has 0 fully saturated rings. The van der Waals surface area contributed by atoms with E-state index in [9.17, 15) is 4.79 Å². The summed E-state index contributed by atoms with van der Waals surface area (Å²) >= 11 is 6.00. The van der Waals surface area contributed by atoms with Crippen molar-refractivity contribution in [2.75, 3.05) is 11.9 Å². The number of para-hydroxylation sites is 1. The lowest BCUT2D eigenvalue weighted by molar-refractivity contribution is 0.0927. The Bertz CT molecular complexity index is 889. The maximum atomic E-state index is 12.3. The Hall–Kier alpha value is -2.53. The normalized spacial score (nSPS) is 17.5. The molecule has 1 N–H and O–H groups in total. The van der Waals surface area contributed by atoms with Crippen LogP contribution in [0.3, 0.4) is 0 Å². The predicted octanol–water partition coefficient (Wildman–Crippen LogP) is 2.87. The van der Waals surface area contributed by atoms with Gasteiger partial charge in [0.25, 0.3) is 5.91 Å². The lowest BCUT2D eigenvalue weighted by Gasteiger charge is -2.35. The van der Waals surface area contributed by atoms with Gasteiger partial charge in [0, 0.05) is 19.4 Å². The minimum atomic E-state index is -0.305. The Kier molecular flexibility index (Phi) is 2.84. The van der Waals surface area contributed by atoms with Crippen LogP contribution in [0.4, 0.5) is 5.69 Å². The van der Waals surface area contributed by atoms with Crippen molar-refractivity contribution >= 4 is 28.8 Å². The van der Waals surface area contributed by atoms with E-state index in [1.807, 2.05) is 52.9 Å². The van der Waals surface area contributed by atoms with Crippen LogP contribution in [0.2, 0.25) is 5.02 Å². The Labute approximate surface area is 132 Å². The molecule has 1 aliphatic heterocycles. The van der Waals surface area contributed by atoms with Gasteiger partial charge in [-0.15, -0.1) is 0 Å². The fourth-order valence-electron chi connectivity index (χ4n) is 2.80. The summed E-state index contributed by atoms with van der Waals surface area (Å²) in [6.45, 7) is 0. The maximum Gasteiger partial charge on any atom is 0.255 e. The van der Waals surface area contributed by atoms with E-state index in [1.54, 1.807) is 12.3 Å². The molecular weight excluding hydrogens is 300 g/mol. The van der Waals surface area contributed by atoms with Crippen molar-refractivity contribution < 1.29 is 4.79 Å². The molecule has 0 bridgehead atoms. The third-order valence-electron chi connectivity index (χ3n) is 3.90. The number of carbonyl (C=O) groups is 1.